The van der Waals surface area contributed by atoms with Crippen molar-refractivity contribution in [3.8, 4) is 5.75 Å². The molecule has 90 valence electrons. The standard InChI is InChI=1S/C13H16N2O2/c1-10(16)11-4-3-5-13(8-11)17-9-12-6-7-14-15(12)2/h3-8,10,16H,9H2,1-2H3. The fraction of sp³-hybridized carbons (Fsp3) is 0.308. The Morgan fingerprint density at radius 3 is 2.88 bits per heavy atom. The lowest BCUT2D eigenvalue weighted by atomic mass is 10.1. The van der Waals surface area contributed by atoms with Gasteiger partial charge in [-0.15, -0.1) is 0 Å². The second-order valence-corrected chi connectivity index (χ2v) is 3.98. The summed E-state index contributed by atoms with van der Waals surface area (Å²) in [7, 11) is 1.88. The Hall–Kier alpha value is -1.81. The quantitative estimate of drug-likeness (QED) is 0.877. The van der Waals surface area contributed by atoms with Gasteiger partial charge in [-0.05, 0) is 30.7 Å². The zero-order chi connectivity index (χ0) is 12.3. The van der Waals surface area contributed by atoms with Crippen LogP contribution in [0.1, 0.15) is 24.3 Å². The molecular weight excluding hydrogens is 216 g/mol. The molecule has 0 spiro atoms. The SMILES string of the molecule is CC(O)c1cccc(OCc2ccnn2C)c1. The normalized spacial score (nSPS) is 12.4. The topological polar surface area (TPSA) is 47.3 Å². The maximum Gasteiger partial charge on any atom is 0.130 e. The van der Waals surface area contributed by atoms with Crippen LogP contribution in [-0.2, 0) is 13.7 Å². The molecular formula is C13H16N2O2. The van der Waals surface area contributed by atoms with Crippen LogP contribution in [0.3, 0.4) is 0 Å². The van der Waals surface area contributed by atoms with E-state index in [9.17, 15) is 5.11 Å². The van der Waals surface area contributed by atoms with Crippen molar-refractivity contribution in [1.29, 1.82) is 0 Å². The maximum atomic E-state index is 9.47. The van der Waals surface area contributed by atoms with Gasteiger partial charge in [-0.3, -0.25) is 4.68 Å². The van der Waals surface area contributed by atoms with E-state index in [4.69, 9.17) is 4.74 Å². The summed E-state index contributed by atoms with van der Waals surface area (Å²) in [6, 6.07) is 9.39. The monoisotopic (exact) mass is 232 g/mol. The first-order chi connectivity index (χ1) is 8.16. The number of aliphatic hydroxyl groups is 1. The molecule has 1 aromatic heterocycles. The minimum absolute atomic E-state index is 0.472. The summed E-state index contributed by atoms with van der Waals surface area (Å²) in [5.74, 6) is 0.754. The minimum Gasteiger partial charge on any atom is -0.487 e. The molecule has 17 heavy (non-hydrogen) atoms. The predicted octanol–water partition coefficient (Wildman–Crippen LogP) is 2.05. The van der Waals surface area contributed by atoms with Crippen LogP contribution in [0.2, 0.25) is 0 Å². The van der Waals surface area contributed by atoms with E-state index in [2.05, 4.69) is 5.10 Å². The number of aromatic nitrogens is 2. The van der Waals surface area contributed by atoms with Gasteiger partial charge in [-0.1, -0.05) is 12.1 Å². The van der Waals surface area contributed by atoms with Crippen molar-refractivity contribution < 1.29 is 9.84 Å². The molecule has 1 N–H and O–H groups in total. The molecule has 0 fully saturated rings. The van der Waals surface area contributed by atoms with Gasteiger partial charge >= 0.3 is 0 Å². The molecule has 1 heterocycles. The van der Waals surface area contributed by atoms with Gasteiger partial charge in [0.2, 0.25) is 0 Å². The number of hydrogen-bond acceptors (Lipinski definition) is 3. The highest BCUT2D eigenvalue weighted by Gasteiger charge is 2.03. The van der Waals surface area contributed by atoms with Gasteiger partial charge in [0.1, 0.15) is 12.4 Å². The third kappa shape index (κ3) is 2.85. The maximum absolute atomic E-state index is 9.47. The molecule has 2 aromatic rings. The van der Waals surface area contributed by atoms with Crippen LogP contribution in [0.15, 0.2) is 36.5 Å². The van der Waals surface area contributed by atoms with E-state index in [1.54, 1.807) is 17.8 Å². The fourth-order valence-corrected chi connectivity index (χ4v) is 1.56. The third-order valence-electron chi connectivity index (χ3n) is 2.65. The summed E-state index contributed by atoms with van der Waals surface area (Å²) in [6.45, 7) is 2.21. The number of benzene rings is 1. The van der Waals surface area contributed by atoms with Gasteiger partial charge in [0.25, 0.3) is 0 Å². The highest BCUT2D eigenvalue weighted by atomic mass is 16.5. The Morgan fingerprint density at radius 1 is 1.41 bits per heavy atom. The van der Waals surface area contributed by atoms with Gasteiger partial charge in [0.15, 0.2) is 0 Å². The summed E-state index contributed by atoms with van der Waals surface area (Å²) in [6.07, 6.45) is 1.26. The molecule has 0 radical (unpaired) electrons. The van der Waals surface area contributed by atoms with Crippen LogP contribution in [0, 0.1) is 0 Å². The van der Waals surface area contributed by atoms with Crippen LogP contribution in [0.4, 0.5) is 0 Å². The molecule has 4 nitrogen and oxygen atoms in total. The van der Waals surface area contributed by atoms with E-state index >= 15 is 0 Å². The first kappa shape index (κ1) is 11.7. The minimum atomic E-state index is -0.477. The first-order valence-electron chi connectivity index (χ1n) is 5.54. The molecule has 0 bridgehead atoms. The molecule has 0 aliphatic heterocycles. The van der Waals surface area contributed by atoms with Gasteiger partial charge in [0, 0.05) is 13.2 Å². The van der Waals surface area contributed by atoms with Crippen molar-refractivity contribution in [3.05, 3.63) is 47.8 Å². The van der Waals surface area contributed by atoms with E-state index in [0.717, 1.165) is 17.0 Å². The van der Waals surface area contributed by atoms with Crippen molar-refractivity contribution >= 4 is 0 Å². The van der Waals surface area contributed by atoms with Crippen molar-refractivity contribution in [2.75, 3.05) is 0 Å². The number of aliphatic hydroxyl groups excluding tert-OH is 1. The highest BCUT2D eigenvalue weighted by Crippen LogP contribution is 2.19. The molecule has 0 aliphatic rings. The van der Waals surface area contributed by atoms with Crippen molar-refractivity contribution in [3.63, 3.8) is 0 Å². The lowest BCUT2D eigenvalue weighted by Gasteiger charge is -2.09. The Labute approximate surface area is 100 Å². The highest BCUT2D eigenvalue weighted by molar-refractivity contribution is 5.29. The molecule has 0 saturated heterocycles. The Kier molecular flexibility index (Phi) is 3.44. The van der Waals surface area contributed by atoms with Crippen LogP contribution in [-0.4, -0.2) is 14.9 Å². The number of rotatable bonds is 4. The smallest absolute Gasteiger partial charge is 0.130 e. The van der Waals surface area contributed by atoms with Gasteiger partial charge in [-0.25, -0.2) is 0 Å². The van der Waals surface area contributed by atoms with Crippen LogP contribution in [0.25, 0.3) is 0 Å². The Balaban J connectivity index is 2.04. The van der Waals surface area contributed by atoms with Crippen LogP contribution in [0.5, 0.6) is 5.75 Å². The largest absolute Gasteiger partial charge is 0.487 e. The Morgan fingerprint density at radius 2 is 2.24 bits per heavy atom. The fourth-order valence-electron chi connectivity index (χ4n) is 1.56. The average Bonchev–Trinajstić information content (AvgIpc) is 2.72. The van der Waals surface area contributed by atoms with E-state index < -0.39 is 6.10 Å². The lowest BCUT2D eigenvalue weighted by molar-refractivity contribution is 0.198. The third-order valence-corrected chi connectivity index (χ3v) is 2.65. The summed E-state index contributed by atoms with van der Waals surface area (Å²) >= 11 is 0. The Bertz CT molecular complexity index is 492. The number of nitrogens with zero attached hydrogens (tertiary/aromatic N) is 2. The zero-order valence-corrected chi connectivity index (χ0v) is 10.00. The van der Waals surface area contributed by atoms with Crippen LogP contribution < -0.4 is 4.74 Å². The second kappa shape index (κ2) is 5.01. The molecule has 0 saturated carbocycles. The number of hydrogen-bond donors (Lipinski definition) is 1. The van der Waals surface area contributed by atoms with Gasteiger partial charge in [-0.2, -0.15) is 5.10 Å². The zero-order valence-electron chi connectivity index (χ0n) is 10.00. The van der Waals surface area contributed by atoms with E-state index in [1.165, 1.54) is 0 Å². The predicted molar refractivity (Wildman–Crippen MR) is 64.6 cm³/mol. The average molecular weight is 232 g/mol. The molecule has 1 atom stereocenters. The number of ether oxygens (including phenoxy) is 1. The molecule has 4 heteroatoms. The van der Waals surface area contributed by atoms with Crippen molar-refractivity contribution in [2.24, 2.45) is 7.05 Å². The van der Waals surface area contributed by atoms with Crippen molar-refractivity contribution in [2.45, 2.75) is 19.6 Å². The second-order valence-electron chi connectivity index (χ2n) is 3.98. The molecule has 1 aromatic carbocycles. The van der Waals surface area contributed by atoms with E-state index in [-0.39, 0.29) is 0 Å². The molecule has 0 aliphatic carbocycles. The van der Waals surface area contributed by atoms with Gasteiger partial charge < -0.3 is 9.84 Å². The summed E-state index contributed by atoms with van der Waals surface area (Å²) < 4.78 is 7.43. The van der Waals surface area contributed by atoms with E-state index in [0.29, 0.717) is 6.61 Å². The first-order valence-corrected chi connectivity index (χ1v) is 5.54. The van der Waals surface area contributed by atoms with Crippen LogP contribution >= 0.6 is 0 Å². The summed E-state index contributed by atoms with van der Waals surface area (Å²) in [5, 5.41) is 13.5. The molecule has 1 unspecified atom stereocenters. The summed E-state index contributed by atoms with van der Waals surface area (Å²) in [5.41, 5.74) is 1.86. The van der Waals surface area contributed by atoms with E-state index in [1.807, 2.05) is 37.4 Å². The molecule has 0 amide bonds. The lowest BCUT2D eigenvalue weighted by Crippen LogP contribution is -2.03. The summed E-state index contributed by atoms with van der Waals surface area (Å²) in [4.78, 5) is 0. The molecule has 2 rings (SSSR count). The van der Waals surface area contributed by atoms with Crippen molar-refractivity contribution in [1.82, 2.24) is 9.78 Å². The number of aryl methyl sites for hydroxylation is 1. The van der Waals surface area contributed by atoms with Gasteiger partial charge in [0.05, 0.1) is 11.8 Å².